The van der Waals surface area contributed by atoms with Crippen molar-refractivity contribution in [2.45, 2.75) is 6.92 Å². The van der Waals surface area contributed by atoms with Gasteiger partial charge in [0, 0.05) is 29.5 Å². The summed E-state index contributed by atoms with van der Waals surface area (Å²) < 4.78 is 1.69. The number of fused-ring (bicyclic) bond motifs is 1. The van der Waals surface area contributed by atoms with Gasteiger partial charge in [-0.1, -0.05) is 12.1 Å². The van der Waals surface area contributed by atoms with E-state index in [-0.39, 0.29) is 5.69 Å². The lowest BCUT2D eigenvalue weighted by molar-refractivity contribution is -0.385. The Morgan fingerprint density at radius 1 is 1.29 bits per heavy atom. The number of nitro benzene ring substituents is 1. The second-order valence-corrected chi connectivity index (χ2v) is 4.54. The number of hydrogen-bond donors (Lipinski definition) is 0. The smallest absolute Gasteiger partial charge is 0.273 e. The molecule has 0 aliphatic rings. The molecule has 7 nitrogen and oxygen atoms in total. The van der Waals surface area contributed by atoms with Gasteiger partial charge >= 0.3 is 0 Å². The molecule has 0 spiro atoms. The first-order chi connectivity index (χ1) is 10.1. The maximum Gasteiger partial charge on any atom is 0.273 e. The van der Waals surface area contributed by atoms with E-state index in [0.717, 1.165) is 0 Å². The van der Waals surface area contributed by atoms with Gasteiger partial charge in [-0.25, -0.2) is 0 Å². The summed E-state index contributed by atoms with van der Waals surface area (Å²) in [6.07, 6.45) is 1.68. The monoisotopic (exact) mass is 279 g/mol. The summed E-state index contributed by atoms with van der Waals surface area (Å²) in [7, 11) is 0. The summed E-state index contributed by atoms with van der Waals surface area (Å²) in [5.74, 6) is 0.498. The third-order valence-electron chi connectivity index (χ3n) is 3.20. The summed E-state index contributed by atoms with van der Waals surface area (Å²) in [6.45, 7) is 1.68. The average molecular weight is 279 g/mol. The molecule has 0 bridgehead atoms. The predicted octanol–water partition coefficient (Wildman–Crippen LogP) is 2.48. The number of nitriles is 1. The quantitative estimate of drug-likeness (QED) is 0.530. The molecular weight excluding hydrogens is 270 g/mol. The van der Waals surface area contributed by atoms with Crippen molar-refractivity contribution >= 4 is 11.3 Å². The van der Waals surface area contributed by atoms with Gasteiger partial charge in [0.2, 0.25) is 0 Å². The van der Waals surface area contributed by atoms with Crippen LogP contribution < -0.4 is 0 Å². The van der Waals surface area contributed by atoms with Crippen LogP contribution in [0.3, 0.4) is 0 Å². The van der Waals surface area contributed by atoms with E-state index < -0.39 is 4.92 Å². The van der Waals surface area contributed by atoms with E-state index in [1.165, 1.54) is 6.07 Å². The van der Waals surface area contributed by atoms with Crippen molar-refractivity contribution in [2.75, 3.05) is 0 Å². The number of pyridine rings is 1. The van der Waals surface area contributed by atoms with Crippen molar-refractivity contribution in [2.24, 2.45) is 0 Å². The van der Waals surface area contributed by atoms with Gasteiger partial charge in [0.25, 0.3) is 5.69 Å². The molecule has 2 aromatic heterocycles. The molecular formula is C14H9N5O2. The number of hydrogen-bond acceptors (Lipinski definition) is 5. The van der Waals surface area contributed by atoms with Crippen LogP contribution in [-0.2, 0) is 0 Å². The number of nitrogens with zero attached hydrogens (tertiary/aromatic N) is 5. The van der Waals surface area contributed by atoms with Crippen LogP contribution in [0.1, 0.15) is 11.1 Å². The minimum absolute atomic E-state index is 0.0397. The van der Waals surface area contributed by atoms with Gasteiger partial charge in [0.1, 0.15) is 0 Å². The van der Waals surface area contributed by atoms with Crippen molar-refractivity contribution in [3.05, 3.63) is 57.8 Å². The molecule has 0 unspecified atom stereocenters. The fourth-order valence-corrected chi connectivity index (χ4v) is 2.10. The first kappa shape index (κ1) is 12.7. The zero-order valence-electron chi connectivity index (χ0n) is 11.0. The minimum Gasteiger partial charge on any atom is -0.282 e. The fourth-order valence-electron chi connectivity index (χ4n) is 2.10. The Kier molecular flexibility index (Phi) is 2.84. The van der Waals surface area contributed by atoms with Gasteiger partial charge in [-0.15, -0.1) is 10.2 Å². The van der Waals surface area contributed by atoms with E-state index >= 15 is 0 Å². The zero-order valence-corrected chi connectivity index (χ0v) is 11.0. The van der Waals surface area contributed by atoms with E-state index in [0.29, 0.717) is 28.2 Å². The van der Waals surface area contributed by atoms with E-state index in [1.54, 1.807) is 41.8 Å². The third kappa shape index (κ3) is 2.08. The molecule has 21 heavy (non-hydrogen) atoms. The largest absolute Gasteiger partial charge is 0.282 e. The van der Waals surface area contributed by atoms with Crippen molar-refractivity contribution in [3.63, 3.8) is 0 Å². The molecule has 102 valence electrons. The highest BCUT2D eigenvalue weighted by Crippen LogP contribution is 2.26. The van der Waals surface area contributed by atoms with E-state index in [1.807, 2.05) is 6.07 Å². The Labute approximate surface area is 119 Å². The first-order valence-corrected chi connectivity index (χ1v) is 6.10. The Morgan fingerprint density at radius 2 is 2.10 bits per heavy atom. The van der Waals surface area contributed by atoms with Gasteiger partial charge in [0.05, 0.1) is 16.6 Å². The Balaban J connectivity index is 2.19. The molecule has 0 N–H and O–H groups in total. The zero-order chi connectivity index (χ0) is 15.0. The SMILES string of the molecule is Cc1ccc(-c2nnc3cc(C#N)ccn23)cc1[N+](=O)[O-]. The van der Waals surface area contributed by atoms with Gasteiger partial charge in [-0.3, -0.25) is 14.5 Å². The second kappa shape index (κ2) is 4.68. The van der Waals surface area contributed by atoms with Gasteiger partial charge in [-0.05, 0) is 13.0 Å². The molecule has 0 saturated heterocycles. The topological polar surface area (TPSA) is 97.1 Å². The van der Waals surface area contributed by atoms with Crippen molar-refractivity contribution in [3.8, 4) is 17.5 Å². The Morgan fingerprint density at radius 3 is 2.81 bits per heavy atom. The van der Waals surface area contributed by atoms with Crippen LogP contribution in [0.15, 0.2) is 36.5 Å². The average Bonchev–Trinajstić information content (AvgIpc) is 2.90. The standard InChI is InChI=1S/C14H9N5O2/c1-9-2-3-11(7-12(9)19(20)21)14-17-16-13-6-10(8-15)4-5-18(13)14/h2-7H,1H3. The van der Waals surface area contributed by atoms with Crippen LogP contribution in [0.5, 0.6) is 0 Å². The number of rotatable bonds is 2. The van der Waals surface area contributed by atoms with Crippen molar-refractivity contribution < 1.29 is 4.92 Å². The molecule has 3 aromatic rings. The summed E-state index contributed by atoms with van der Waals surface area (Å²) in [5, 5.41) is 27.9. The minimum atomic E-state index is -0.421. The molecule has 0 atom stereocenters. The molecule has 0 amide bonds. The molecule has 3 rings (SSSR count). The van der Waals surface area contributed by atoms with E-state index in [9.17, 15) is 10.1 Å². The summed E-state index contributed by atoms with van der Waals surface area (Å²) in [4.78, 5) is 10.6. The number of benzene rings is 1. The predicted molar refractivity (Wildman–Crippen MR) is 74.5 cm³/mol. The van der Waals surface area contributed by atoms with Crippen LogP contribution in [0, 0.1) is 28.4 Å². The number of aromatic nitrogens is 3. The number of aryl methyl sites for hydroxylation is 1. The lowest BCUT2D eigenvalue weighted by atomic mass is 10.1. The molecule has 0 aliphatic heterocycles. The summed E-state index contributed by atoms with van der Waals surface area (Å²) in [5.41, 5.74) is 2.23. The van der Waals surface area contributed by atoms with Crippen LogP contribution in [0.4, 0.5) is 5.69 Å². The molecule has 0 saturated carbocycles. The molecule has 0 radical (unpaired) electrons. The highest BCUT2D eigenvalue weighted by Gasteiger charge is 2.15. The Bertz CT molecular complexity index is 907. The third-order valence-corrected chi connectivity index (χ3v) is 3.20. The van der Waals surface area contributed by atoms with Gasteiger partial charge < -0.3 is 0 Å². The maximum atomic E-state index is 11.0. The Hall–Kier alpha value is -3.27. The van der Waals surface area contributed by atoms with Crippen molar-refractivity contribution in [1.82, 2.24) is 14.6 Å². The highest BCUT2D eigenvalue weighted by molar-refractivity contribution is 5.64. The summed E-state index contributed by atoms with van der Waals surface area (Å²) in [6, 6.07) is 10.2. The lowest BCUT2D eigenvalue weighted by Crippen LogP contribution is -1.94. The first-order valence-electron chi connectivity index (χ1n) is 6.10. The second-order valence-electron chi connectivity index (χ2n) is 4.54. The van der Waals surface area contributed by atoms with Gasteiger partial charge in [-0.2, -0.15) is 5.26 Å². The van der Waals surface area contributed by atoms with Crippen LogP contribution in [0.25, 0.3) is 17.0 Å². The normalized spacial score (nSPS) is 10.5. The molecule has 0 aliphatic carbocycles. The number of nitro groups is 1. The maximum absolute atomic E-state index is 11.0. The van der Waals surface area contributed by atoms with Crippen LogP contribution in [0.2, 0.25) is 0 Å². The molecule has 0 fully saturated rings. The van der Waals surface area contributed by atoms with Gasteiger partial charge in [0.15, 0.2) is 11.5 Å². The van der Waals surface area contributed by atoms with Crippen LogP contribution >= 0.6 is 0 Å². The fraction of sp³-hybridized carbons (Fsp3) is 0.0714. The molecule has 2 heterocycles. The molecule has 1 aromatic carbocycles. The highest BCUT2D eigenvalue weighted by atomic mass is 16.6. The lowest BCUT2D eigenvalue weighted by Gasteiger charge is -2.02. The van der Waals surface area contributed by atoms with Crippen molar-refractivity contribution in [1.29, 1.82) is 5.26 Å². The summed E-state index contributed by atoms with van der Waals surface area (Å²) >= 11 is 0. The van der Waals surface area contributed by atoms with E-state index in [4.69, 9.17) is 5.26 Å². The molecule has 7 heteroatoms. The van der Waals surface area contributed by atoms with Crippen LogP contribution in [-0.4, -0.2) is 19.5 Å². The van der Waals surface area contributed by atoms with E-state index in [2.05, 4.69) is 10.2 Å².